The van der Waals surface area contributed by atoms with E-state index in [-0.39, 0.29) is 28.4 Å². The molecule has 1 aromatic carbocycles. The predicted octanol–water partition coefficient (Wildman–Crippen LogP) is -0.199. The van der Waals surface area contributed by atoms with Crippen LogP contribution in [0.1, 0.15) is 25.5 Å². The average Bonchev–Trinajstić information content (AvgIpc) is 2.61. The molecule has 0 saturated carbocycles. The van der Waals surface area contributed by atoms with Crippen molar-refractivity contribution in [1.29, 1.82) is 0 Å². The standard InChI is InChI=1S/C18H22O9/c1-7(2)11-5-10(21)14-9(20)3-8(4-12(14)26-11)25-18-17(24)16(23)15(22)13(6-19)27-18/h3-5,7,13,15-20,22-24H,6H2,1-2H3/t13-,15-,16+,17-,18-/m1/s1. The van der Waals surface area contributed by atoms with Crippen molar-refractivity contribution in [3.05, 3.63) is 34.2 Å². The average molecular weight is 382 g/mol. The van der Waals surface area contributed by atoms with E-state index in [1.807, 2.05) is 13.8 Å². The van der Waals surface area contributed by atoms with Crippen molar-refractivity contribution in [3.8, 4) is 11.5 Å². The van der Waals surface area contributed by atoms with Crippen LogP contribution in [-0.4, -0.2) is 62.8 Å². The fraction of sp³-hybridized carbons (Fsp3) is 0.500. The lowest BCUT2D eigenvalue weighted by Crippen LogP contribution is -2.60. The van der Waals surface area contributed by atoms with E-state index >= 15 is 0 Å². The number of ether oxygens (including phenoxy) is 2. The first-order valence-electron chi connectivity index (χ1n) is 8.51. The fourth-order valence-electron chi connectivity index (χ4n) is 2.91. The number of hydrogen-bond acceptors (Lipinski definition) is 9. The number of aliphatic hydroxyl groups excluding tert-OH is 4. The molecule has 0 radical (unpaired) electrons. The normalized spacial score (nSPS) is 28.6. The van der Waals surface area contributed by atoms with Gasteiger partial charge in [-0.05, 0) is 0 Å². The Morgan fingerprint density at radius 1 is 1.11 bits per heavy atom. The maximum absolute atomic E-state index is 12.2. The molecule has 3 rings (SSSR count). The second kappa shape index (κ2) is 7.45. The minimum Gasteiger partial charge on any atom is -0.507 e. The highest BCUT2D eigenvalue weighted by Crippen LogP contribution is 2.32. The van der Waals surface area contributed by atoms with E-state index in [4.69, 9.17) is 13.9 Å². The Morgan fingerprint density at radius 2 is 1.81 bits per heavy atom. The van der Waals surface area contributed by atoms with E-state index in [2.05, 4.69) is 0 Å². The molecule has 27 heavy (non-hydrogen) atoms. The summed E-state index contributed by atoms with van der Waals surface area (Å²) in [6, 6.07) is 3.81. The number of fused-ring (bicyclic) bond motifs is 1. The van der Waals surface area contributed by atoms with Crippen molar-refractivity contribution in [2.24, 2.45) is 0 Å². The molecule has 0 spiro atoms. The van der Waals surface area contributed by atoms with Gasteiger partial charge in [0.2, 0.25) is 6.29 Å². The molecule has 1 aliphatic rings. The van der Waals surface area contributed by atoms with Crippen molar-refractivity contribution in [3.63, 3.8) is 0 Å². The molecule has 5 atom stereocenters. The highest BCUT2D eigenvalue weighted by molar-refractivity contribution is 5.84. The Hall–Kier alpha value is -2.17. The molecular weight excluding hydrogens is 360 g/mol. The van der Waals surface area contributed by atoms with E-state index in [1.165, 1.54) is 12.1 Å². The second-order valence-electron chi connectivity index (χ2n) is 6.80. The minimum atomic E-state index is -1.60. The Labute approximate surface area is 154 Å². The van der Waals surface area contributed by atoms with Crippen LogP contribution in [0.25, 0.3) is 11.0 Å². The van der Waals surface area contributed by atoms with Gasteiger partial charge < -0.3 is 39.4 Å². The summed E-state index contributed by atoms with van der Waals surface area (Å²) in [5.41, 5.74) is -0.317. The van der Waals surface area contributed by atoms with Crippen LogP contribution in [-0.2, 0) is 4.74 Å². The third kappa shape index (κ3) is 3.64. The zero-order chi connectivity index (χ0) is 19.9. The molecule has 148 valence electrons. The molecule has 2 heterocycles. The number of phenols is 1. The van der Waals surface area contributed by atoms with Crippen LogP contribution in [0.4, 0.5) is 0 Å². The summed E-state index contributed by atoms with van der Waals surface area (Å²) in [6.07, 6.45) is -7.26. The smallest absolute Gasteiger partial charge is 0.229 e. The molecule has 0 amide bonds. The van der Waals surface area contributed by atoms with Crippen LogP contribution in [0.5, 0.6) is 11.5 Å². The van der Waals surface area contributed by atoms with E-state index < -0.39 is 42.7 Å². The van der Waals surface area contributed by atoms with Gasteiger partial charge in [-0.15, -0.1) is 0 Å². The molecule has 2 aromatic rings. The van der Waals surface area contributed by atoms with Crippen LogP contribution in [0.2, 0.25) is 0 Å². The van der Waals surface area contributed by atoms with Gasteiger partial charge in [0.15, 0.2) is 5.43 Å². The van der Waals surface area contributed by atoms with Crippen LogP contribution >= 0.6 is 0 Å². The molecule has 5 N–H and O–H groups in total. The molecule has 1 fully saturated rings. The van der Waals surface area contributed by atoms with E-state index in [0.29, 0.717) is 5.76 Å². The maximum Gasteiger partial charge on any atom is 0.229 e. The summed E-state index contributed by atoms with van der Waals surface area (Å²) in [5.74, 6) is 0.000636. The van der Waals surface area contributed by atoms with Crippen molar-refractivity contribution in [2.75, 3.05) is 6.61 Å². The summed E-state index contributed by atoms with van der Waals surface area (Å²) in [5, 5.41) is 49.1. The van der Waals surface area contributed by atoms with Crippen molar-refractivity contribution < 1.29 is 39.4 Å². The molecule has 0 unspecified atom stereocenters. The minimum absolute atomic E-state index is 0.00776. The second-order valence-corrected chi connectivity index (χ2v) is 6.80. The van der Waals surface area contributed by atoms with Gasteiger partial charge >= 0.3 is 0 Å². The molecule has 9 heteroatoms. The number of rotatable bonds is 4. The molecule has 1 aliphatic heterocycles. The van der Waals surface area contributed by atoms with Gasteiger partial charge in [-0.3, -0.25) is 4.79 Å². The van der Waals surface area contributed by atoms with Gasteiger partial charge in [-0.1, -0.05) is 13.8 Å². The lowest BCUT2D eigenvalue weighted by atomic mass is 9.99. The molecular formula is C18H22O9. The van der Waals surface area contributed by atoms with Crippen molar-refractivity contribution in [1.82, 2.24) is 0 Å². The lowest BCUT2D eigenvalue weighted by molar-refractivity contribution is -0.277. The van der Waals surface area contributed by atoms with E-state index in [9.17, 15) is 30.3 Å². The third-order valence-corrected chi connectivity index (χ3v) is 4.47. The van der Waals surface area contributed by atoms with Crippen LogP contribution in [0.3, 0.4) is 0 Å². The van der Waals surface area contributed by atoms with Crippen molar-refractivity contribution >= 4 is 11.0 Å². The SMILES string of the molecule is CC(C)c1cc(=O)c2c(O)cc(O[C@@H]3O[C@H](CO)[C@@H](O)[C@H](O)[C@H]3O)cc2o1. The van der Waals surface area contributed by atoms with Crippen LogP contribution < -0.4 is 10.2 Å². The summed E-state index contributed by atoms with van der Waals surface area (Å²) < 4.78 is 16.4. The van der Waals surface area contributed by atoms with E-state index in [1.54, 1.807) is 0 Å². The van der Waals surface area contributed by atoms with Gasteiger partial charge in [0, 0.05) is 24.1 Å². The molecule has 0 bridgehead atoms. The van der Waals surface area contributed by atoms with Gasteiger partial charge in [0.05, 0.1) is 6.61 Å². The summed E-state index contributed by atoms with van der Waals surface area (Å²) in [4.78, 5) is 12.2. The molecule has 9 nitrogen and oxygen atoms in total. The molecule has 0 aliphatic carbocycles. The summed E-state index contributed by atoms with van der Waals surface area (Å²) >= 11 is 0. The fourth-order valence-corrected chi connectivity index (χ4v) is 2.91. The van der Waals surface area contributed by atoms with Gasteiger partial charge in [0.25, 0.3) is 0 Å². The predicted molar refractivity (Wildman–Crippen MR) is 92.6 cm³/mol. The maximum atomic E-state index is 12.2. The summed E-state index contributed by atoms with van der Waals surface area (Å²) in [7, 11) is 0. The van der Waals surface area contributed by atoms with Crippen LogP contribution in [0.15, 0.2) is 27.4 Å². The van der Waals surface area contributed by atoms with Crippen molar-refractivity contribution in [2.45, 2.75) is 50.5 Å². The zero-order valence-electron chi connectivity index (χ0n) is 14.8. The number of benzene rings is 1. The largest absolute Gasteiger partial charge is 0.507 e. The topological polar surface area (TPSA) is 150 Å². The lowest BCUT2D eigenvalue weighted by Gasteiger charge is -2.39. The number of aromatic hydroxyl groups is 1. The van der Waals surface area contributed by atoms with Crippen LogP contribution in [0, 0.1) is 0 Å². The molecule has 1 aromatic heterocycles. The number of hydrogen-bond donors (Lipinski definition) is 5. The first-order valence-corrected chi connectivity index (χ1v) is 8.51. The zero-order valence-corrected chi connectivity index (χ0v) is 14.8. The molecule has 1 saturated heterocycles. The van der Waals surface area contributed by atoms with Gasteiger partial charge in [-0.25, -0.2) is 0 Å². The quantitative estimate of drug-likeness (QED) is 0.484. The highest BCUT2D eigenvalue weighted by Gasteiger charge is 2.44. The Morgan fingerprint density at radius 3 is 2.44 bits per heavy atom. The number of phenolic OH excluding ortho intramolecular Hbond substituents is 1. The van der Waals surface area contributed by atoms with Gasteiger partial charge in [-0.2, -0.15) is 0 Å². The number of aliphatic hydroxyl groups is 4. The van der Waals surface area contributed by atoms with Gasteiger partial charge in [0.1, 0.15) is 52.6 Å². The third-order valence-electron chi connectivity index (χ3n) is 4.47. The Balaban J connectivity index is 1.96. The first-order chi connectivity index (χ1) is 12.7. The summed E-state index contributed by atoms with van der Waals surface area (Å²) in [6.45, 7) is 3.09. The first kappa shape index (κ1) is 19.6. The Bertz CT molecular complexity index is 873. The monoisotopic (exact) mass is 382 g/mol. The van der Waals surface area contributed by atoms with E-state index in [0.717, 1.165) is 6.07 Å². The highest BCUT2D eigenvalue weighted by atomic mass is 16.7. The Kier molecular flexibility index (Phi) is 5.41.